The van der Waals surface area contributed by atoms with Crippen LogP contribution >= 0.6 is 0 Å². The van der Waals surface area contributed by atoms with Crippen LogP contribution in [-0.4, -0.2) is 46.5 Å². The lowest BCUT2D eigenvalue weighted by Gasteiger charge is -2.28. The predicted molar refractivity (Wildman–Crippen MR) is 95.1 cm³/mol. The van der Waals surface area contributed by atoms with Crippen LogP contribution in [0.5, 0.6) is 0 Å². The number of nitrogens with zero attached hydrogens (tertiary/aromatic N) is 3. The molecule has 0 atom stereocenters. The number of nitro benzene ring substituents is 1. The van der Waals surface area contributed by atoms with Crippen molar-refractivity contribution in [1.82, 2.24) is 9.47 Å². The monoisotopic (exact) mass is 359 g/mol. The molecule has 0 radical (unpaired) electrons. The first-order valence-corrected chi connectivity index (χ1v) is 8.64. The molecule has 0 bridgehead atoms. The van der Waals surface area contributed by atoms with Crippen LogP contribution in [0.15, 0.2) is 18.2 Å². The van der Waals surface area contributed by atoms with Gasteiger partial charge in [-0.1, -0.05) is 25.5 Å². The topological polar surface area (TPSA) is 94.7 Å². The van der Waals surface area contributed by atoms with E-state index < -0.39 is 10.9 Å². The SMILES string of the molecule is CCCCN1CCc2c(n(CC(=O)OC)c3c([N+](=O)[O-])cccc23)C1=O. The van der Waals surface area contributed by atoms with Gasteiger partial charge in [-0.2, -0.15) is 0 Å². The van der Waals surface area contributed by atoms with Crippen molar-refractivity contribution in [2.24, 2.45) is 0 Å². The van der Waals surface area contributed by atoms with Gasteiger partial charge in [0.1, 0.15) is 17.8 Å². The number of rotatable bonds is 6. The molecule has 1 amide bonds. The first kappa shape index (κ1) is 17.9. The number of fused-ring (bicyclic) bond motifs is 3. The molecular weight excluding hydrogens is 338 g/mol. The minimum Gasteiger partial charge on any atom is -0.468 e. The van der Waals surface area contributed by atoms with Gasteiger partial charge in [-0.25, -0.2) is 0 Å². The number of carbonyl (C=O) groups excluding carboxylic acids is 2. The van der Waals surface area contributed by atoms with E-state index in [0.29, 0.717) is 36.1 Å². The second-order valence-electron chi connectivity index (χ2n) is 6.32. The van der Waals surface area contributed by atoms with Crippen molar-refractivity contribution in [3.8, 4) is 0 Å². The summed E-state index contributed by atoms with van der Waals surface area (Å²) in [6, 6.07) is 4.77. The van der Waals surface area contributed by atoms with E-state index in [1.165, 1.54) is 17.7 Å². The lowest BCUT2D eigenvalue weighted by molar-refractivity contribution is -0.383. The van der Waals surface area contributed by atoms with Gasteiger partial charge in [0.2, 0.25) is 0 Å². The number of methoxy groups -OCH3 is 1. The summed E-state index contributed by atoms with van der Waals surface area (Å²) in [6.07, 6.45) is 2.46. The first-order valence-electron chi connectivity index (χ1n) is 8.64. The lowest BCUT2D eigenvalue weighted by atomic mass is 10.0. The fourth-order valence-electron chi connectivity index (χ4n) is 3.52. The van der Waals surface area contributed by atoms with Crippen molar-refractivity contribution in [3.05, 3.63) is 39.6 Å². The Kier molecular flexibility index (Phi) is 4.92. The molecule has 0 fully saturated rings. The number of carbonyl (C=O) groups is 2. The molecule has 3 rings (SSSR count). The van der Waals surface area contributed by atoms with Gasteiger partial charge in [-0.15, -0.1) is 0 Å². The molecule has 1 aliphatic heterocycles. The van der Waals surface area contributed by atoms with Crippen LogP contribution in [0.3, 0.4) is 0 Å². The van der Waals surface area contributed by atoms with Gasteiger partial charge in [0, 0.05) is 24.5 Å². The Bertz CT molecular complexity index is 887. The lowest BCUT2D eigenvalue weighted by Crippen LogP contribution is -2.39. The van der Waals surface area contributed by atoms with Crippen LogP contribution in [0, 0.1) is 10.1 Å². The van der Waals surface area contributed by atoms with Gasteiger partial charge in [-0.05, 0) is 18.4 Å². The van der Waals surface area contributed by atoms with Crippen LogP contribution in [0.4, 0.5) is 5.69 Å². The highest BCUT2D eigenvalue weighted by Gasteiger charge is 2.33. The molecule has 8 heteroatoms. The van der Waals surface area contributed by atoms with Crippen molar-refractivity contribution >= 4 is 28.5 Å². The van der Waals surface area contributed by atoms with E-state index >= 15 is 0 Å². The first-order chi connectivity index (χ1) is 12.5. The smallest absolute Gasteiger partial charge is 0.325 e. The molecule has 8 nitrogen and oxygen atoms in total. The number of aromatic nitrogens is 1. The summed E-state index contributed by atoms with van der Waals surface area (Å²) in [4.78, 5) is 37.7. The quantitative estimate of drug-likeness (QED) is 0.449. The third-order valence-electron chi connectivity index (χ3n) is 4.78. The molecular formula is C18H21N3O5. The number of ether oxygens (including phenoxy) is 1. The molecule has 1 aromatic carbocycles. The Morgan fingerprint density at radius 2 is 2.15 bits per heavy atom. The number of benzene rings is 1. The van der Waals surface area contributed by atoms with Crippen molar-refractivity contribution in [2.75, 3.05) is 20.2 Å². The summed E-state index contributed by atoms with van der Waals surface area (Å²) in [5, 5.41) is 12.2. The maximum absolute atomic E-state index is 13.0. The van der Waals surface area contributed by atoms with Crippen molar-refractivity contribution in [3.63, 3.8) is 0 Å². The van der Waals surface area contributed by atoms with Crippen LogP contribution in [0.25, 0.3) is 10.9 Å². The maximum Gasteiger partial charge on any atom is 0.325 e. The third-order valence-corrected chi connectivity index (χ3v) is 4.78. The fraction of sp³-hybridized carbons (Fsp3) is 0.444. The molecule has 2 heterocycles. The number of esters is 1. The molecule has 1 aliphatic rings. The number of hydrogen-bond acceptors (Lipinski definition) is 5. The summed E-state index contributed by atoms with van der Waals surface area (Å²) >= 11 is 0. The minimum absolute atomic E-state index is 0.117. The third kappa shape index (κ3) is 2.91. The van der Waals surface area contributed by atoms with E-state index in [9.17, 15) is 19.7 Å². The Balaban J connectivity index is 2.22. The van der Waals surface area contributed by atoms with E-state index in [0.717, 1.165) is 18.4 Å². The second kappa shape index (κ2) is 7.15. The van der Waals surface area contributed by atoms with Crippen LogP contribution in [0.2, 0.25) is 0 Å². The molecule has 0 aliphatic carbocycles. The van der Waals surface area contributed by atoms with Gasteiger partial charge in [-0.3, -0.25) is 19.7 Å². The zero-order valence-corrected chi connectivity index (χ0v) is 14.9. The number of amides is 1. The number of unbranched alkanes of at least 4 members (excludes halogenated alkanes) is 1. The largest absolute Gasteiger partial charge is 0.468 e. The van der Waals surface area contributed by atoms with E-state index in [1.807, 2.05) is 0 Å². The Morgan fingerprint density at radius 1 is 1.38 bits per heavy atom. The molecule has 26 heavy (non-hydrogen) atoms. The van der Waals surface area contributed by atoms with Crippen molar-refractivity contribution < 1.29 is 19.2 Å². The maximum atomic E-state index is 13.0. The average Bonchev–Trinajstić information content (AvgIpc) is 2.95. The van der Waals surface area contributed by atoms with E-state index in [-0.39, 0.29) is 18.1 Å². The summed E-state index contributed by atoms with van der Waals surface area (Å²) in [5.74, 6) is -0.740. The van der Waals surface area contributed by atoms with Gasteiger partial charge >= 0.3 is 5.97 Å². The summed E-state index contributed by atoms with van der Waals surface area (Å²) < 4.78 is 6.19. The molecule has 138 valence electrons. The molecule has 2 aromatic rings. The van der Waals surface area contributed by atoms with Crippen LogP contribution in [0.1, 0.15) is 35.8 Å². The standard InChI is InChI=1S/C18H21N3O5/c1-3-4-9-19-10-8-13-12-6-5-7-14(21(24)25)16(12)20(11-15(22)26-2)17(13)18(19)23/h5-7H,3-4,8-11H2,1-2H3. The molecule has 0 unspecified atom stereocenters. The highest BCUT2D eigenvalue weighted by molar-refractivity contribution is 6.05. The second-order valence-corrected chi connectivity index (χ2v) is 6.32. The summed E-state index contributed by atoms with van der Waals surface area (Å²) in [6.45, 7) is 3.03. The summed E-state index contributed by atoms with van der Waals surface area (Å²) in [5.41, 5.74) is 1.32. The number of para-hydroxylation sites is 1. The van der Waals surface area contributed by atoms with Crippen LogP contribution < -0.4 is 0 Å². The normalized spacial score (nSPS) is 13.8. The van der Waals surface area contributed by atoms with Crippen molar-refractivity contribution in [2.45, 2.75) is 32.7 Å². The zero-order valence-electron chi connectivity index (χ0n) is 14.9. The number of non-ortho nitro benzene ring substituents is 1. The summed E-state index contributed by atoms with van der Waals surface area (Å²) in [7, 11) is 1.25. The predicted octanol–water partition coefficient (Wildman–Crippen LogP) is 2.52. The Labute approximate surface area is 150 Å². The van der Waals surface area contributed by atoms with E-state index in [1.54, 1.807) is 17.0 Å². The fourth-order valence-corrected chi connectivity index (χ4v) is 3.52. The Morgan fingerprint density at radius 3 is 2.81 bits per heavy atom. The molecule has 0 saturated carbocycles. The van der Waals surface area contributed by atoms with E-state index in [4.69, 9.17) is 4.74 Å². The minimum atomic E-state index is -0.554. The van der Waals surface area contributed by atoms with Crippen LogP contribution in [-0.2, 0) is 22.5 Å². The van der Waals surface area contributed by atoms with Gasteiger partial charge < -0.3 is 14.2 Å². The molecule has 0 saturated heterocycles. The number of nitro groups is 1. The van der Waals surface area contributed by atoms with Gasteiger partial charge in [0.25, 0.3) is 11.6 Å². The number of hydrogen-bond donors (Lipinski definition) is 0. The molecule has 0 spiro atoms. The van der Waals surface area contributed by atoms with E-state index in [2.05, 4.69) is 6.92 Å². The zero-order chi connectivity index (χ0) is 18.8. The van der Waals surface area contributed by atoms with Gasteiger partial charge in [0.15, 0.2) is 0 Å². The molecule has 1 aromatic heterocycles. The Hall–Kier alpha value is -2.90. The molecule has 0 N–H and O–H groups in total. The highest BCUT2D eigenvalue weighted by atomic mass is 16.6. The highest BCUT2D eigenvalue weighted by Crippen LogP contribution is 2.36. The van der Waals surface area contributed by atoms with Gasteiger partial charge in [0.05, 0.1) is 12.0 Å². The average molecular weight is 359 g/mol. The van der Waals surface area contributed by atoms with Crippen molar-refractivity contribution in [1.29, 1.82) is 0 Å².